The Bertz CT molecular complexity index is 1140. The van der Waals surface area contributed by atoms with E-state index in [-0.39, 0.29) is 5.82 Å². The molecule has 3 aromatic rings. The maximum absolute atomic E-state index is 13.6. The minimum absolute atomic E-state index is 0.318. The van der Waals surface area contributed by atoms with Crippen LogP contribution in [0.1, 0.15) is 30.9 Å². The van der Waals surface area contributed by atoms with Gasteiger partial charge >= 0.3 is 0 Å². The topological polar surface area (TPSA) is 63.4 Å². The number of halogens is 3. The van der Waals surface area contributed by atoms with E-state index < -0.39 is 23.6 Å². The molecule has 1 aliphatic heterocycles. The van der Waals surface area contributed by atoms with Crippen LogP contribution in [0, 0.1) is 17.5 Å². The highest BCUT2D eigenvalue weighted by Crippen LogP contribution is 2.30. The van der Waals surface area contributed by atoms with Gasteiger partial charge < -0.3 is 0 Å². The van der Waals surface area contributed by atoms with Crippen molar-refractivity contribution in [3.63, 3.8) is 0 Å². The highest BCUT2D eigenvalue weighted by atomic mass is 19.1. The number of nitrogens with zero attached hydrogens (tertiary/aromatic N) is 5. The lowest BCUT2D eigenvalue weighted by Crippen LogP contribution is -2.28. The molecule has 6 nitrogen and oxygen atoms in total. The van der Waals surface area contributed by atoms with Gasteiger partial charge in [-0.1, -0.05) is 6.58 Å². The minimum Gasteiger partial charge on any atom is -0.268 e. The van der Waals surface area contributed by atoms with Crippen molar-refractivity contribution >= 4 is 23.2 Å². The third-order valence-corrected chi connectivity index (χ3v) is 4.83. The number of rotatable bonds is 6. The number of hydrogen-bond acceptors (Lipinski definition) is 4. The fourth-order valence-electron chi connectivity index (χ4n) is 3.39. The van der Waals surface area contributed by atoms with Gasteiger partial charge in [-0.15, -0.1) is 0 Å². The number of aromatic nitrogens is 3. The molecule has 1 aliphatic rings. The Morgan fingerprint density at radius 2 is 1.77 bits per heavy atom. The lowest BCUT2D eigenvalue weighted by Gasteiger charge is -2.23. The van der Waals surface area contributed by atoms with Crippen LogP contribution in [0.5, 0.6) is 0 Å². The summed E-state index contributed by atoms with van der Waals surface area (Å²) in [4.78, 5) is 14.2. The molecule has 9 heteroatoms. The second-order valence-corrected chi connectivity index (χ2v) is 7.04. The Kier molecular flexibility index (Phi) is 5.35. The van der Waals surface area contributed by atoms with E-state index in [0.717, 1.165) is 6.07 Å². The highest BCUT2D eigenvalue weighted by molar-refractivity contribution is 5.94. The summed E-state index contributed by atoms with van der Waals surface area (Å²) in [5.74, 6) is -2.20. The first kappa shape index (κ1) is 19.8. The zero-order valence-corrected chi connectivity index (χ0v) is 15.9. The van der Waals surface area contributed by atoms with E-state index in [9.17, 15) is 18.0 Å². The summed E-state index contributed by atoms with van der Waals surface area (Å²) in [7, 11) is 0. The lowest BCUT2D eigenvalue weighted by atomic mass is 10.0. The van der Waals surface area contributed by atoms with E-state index >= 15 is 0 Å². The predicted molar refractivity (Wildman–Crippen MR) is 105 cm³/mol. The molecule has 1 amide bonds. The van der Waals surface area contributed by atoms with E-state index in [1.54, 1.807) is 6.07 Å². The third-order valence-electron chi connectivity index (χ3n) is 4.83. The van der Waals surface area contributed by atoms with Crippen LogP contribution in [-0.2, 0) is 11.3 Å². The average Bonchev–Trinajstić information content (AvgIpc) is 3.32. The fourth-order valence-corrected chi connectivity index (χ4v) is 3.39. The third kappa shape index (κ3) is 4.10. The van der Waals surface area contributed by atoms with E-state index in [2.05, 4.69) is 21.9 Å². The molecule has 30 heavy (non-hydrogen) atoms. The lowest BCUT2D eigenvalue weighted by molar-refractivity contribution is -0.129. The molecular formula is C21H18F3N5O. The van der Waals surface area contributed by atoms with E-state index in [0.29, 0.717) is 48.0 Å². The van der Waals surface area contributed by atoms with Crippen LogP contribution in [0.4, 0.5) is 13.2 Å². The maximum atomic E-state index is 13.6. The minimum atomic E-state index is -0.706. The molecule has 1 unspecified atom stereocenters. The molecule has 154 valence electrons. The van der Waals surface area contributed by atoms with Crippen molar-refractivity contribution in [1.29, 1.82) is 0 Å². The first-order valence-electron chi connectivity index (χ1n) is 9.41. The molecule has 0 spiro atoms. The summed E-state index contributed by atoms with van der Waals surface area (Å²) in [5, 5.41) is 13.7. The molecule has 0 radical (unpaired) electrons. The van der Waals surface area contributed by atoms with Gasteiger partial charge in [-0.3, -0.25) is 4.79 Å². The quantitative estimate of drug-likeness (QED) is 0.571. The molecule has 0 fully saturated rings. The monoisotopic (exact) mass is 413 g/mol. The molecule has 0 aliphatic carbocycles. The number of aryl methyl sites for hydroxylation is 1. The van der Waals surface area contributed by atoms with Gasteiger partial charge in [0.1, 0.15) is 28.5 Å². The summed E-state index contributed by atoms with van der Waals surface area (Å²) in [6, 6.07) is 6.78. The van der Waals surface area contributed by atoms with Crippen LogP contribution >= 0.6 is 0 Å². The molecule has 0 N–H and O–H groups in total. The Morgan fingerprint density at radius 3 is 2.53 bits per heavy atom. The fraction of sp³-hybridized carbons (Fsp3) is 0.238. The Morgan fingerprint density at radius 1 is 1.03 bits per heavy atom. The van der Waals surface area contributed by atoms with Gasteiger partial charge in [-0.2, -0.15) is 20.1 Å². The van der Waals surface area contributed by atoms with Crippen LogP contribution in [0.2, 0.25) is 0 Å². The van der Waals surface area contributed by atoms with E-state index in [1.165, 1.54) is 40.3 Å². The van der Waals surface area contributed by atoms with Crippen LogP contribution in [-0.4, -0.2) is 32.1 Å². The summed E-state index contributed by atoms with van der Waals surface area (Å²) < 4.78 is 40.4. The Hall–Kier alpha value is -3.49. The smallest absolute Gasteiger partial charge is 0.268 e. The Labute approximate surface area is 170 Å². The first-order valence-corrected chi connectivity index (χ1v) is 9.41. The molecule has 1 aromatic heterocycles. The van der Waals surface area contributed by atoms with Crippen molar-refractivity contribution in [2.75, 3.05) is 0 Å². The van der Waals surface area contributed by atoms with E-state index in [4.69, 9.17) is 0 Å². The number of fused-ring (bicyclic) bond motifs is 1. The molecular weight excluding hydrogens is 395 g/mol. The van der Waals surface area contributed by atoms with Crippen LogP contribution in [0.15, 0.2) is 53.7 Å². The van der Waals surface area contributed by atoms with Gasteiger partial charge in [0.15, 0.2) is 0 Å². The number of amides is 1. The van der Waals surface area contributed by atoms with Gasteiger partial charge in [0, 0.05) is 30.3 Å². The van der Waals surface area contributed by atoms with Gasteiger partial charge in [-0.25, -0.2) is 18.2 Å². The van der Waals surface area contributed by atoms with Crippen LogP contribution < -0.4 is 0 Å². The molecule has 0 bridgehead atoms. The van der Waals surface area contributed by atoms with Gasteiger partial charge in [0.05, 0.1) is 12.6 Å². The van der Waals surface area contributed by atoms with E-state index in [1.807, 2.05) is 0 Å². The molecule has 2 heterocycles. The van der Waals surface area contributed by atoms with Crippen molar-refractivity contribution in [3.05, 3.63) is 71.6 Å². The molecule has 2 aromatic carbocycles. The van der Waals surface area contributed by atoms with Crippen molar-refractivity contribution in [3.8, 4) is 0 Å². The summed E-state index contributed by atoms with van der Waals surface area (Å²) in [6.07, 6.45) is 2.80. The normalized spacial score (nSPS) is 15.8. The number of carbonyl (C=O) groups is 1. The zero-order valence-electron chi connectivity index (χ0n) is 15.9. The van der Waals surface area contributed by atoms with Crippen molar-refractivity contribution in [2.45, 2.75) is 31.8 Å². The number of hydrazone groups is 1. The summed E-state index contributed by atoms with van der Waals surface area (Å²) >= 11 is 0. The second-order valence-electron chi connectivity index (χ2n) is 7.04. The molecule has 0 saturated carbocycles. The predicted octanol–water partition coefficient (Wildman–Crippen LogP) is 4.14. The first-order chi connectivity index (χ1) is 14.4. The Balaban J connectivity index is 1.37. The highest BCUT2D eigenvalue weighted by Gasteiger charge is 2.30. The maximum Gasteiger partial charge on any atom is 0.269 e. The second kappa shape index (κ2) is 8.10. The standard InChI is InChI=1S/C21H18F3N5O/c1-13(3-2-8-28-26-18-5-4-15(22)12-19(18)27-28)21(30)29-20(6-7-25-29)14-9-16(23)11-17(24)10-14/h4-5,7,9-12,20H,1-3,6,8H2. The number of carbonyl (C=O) groups excluding carboxylic acids is 1. The summed E-state index contributed by atoms with van der Waals surface area (Å²) in [5.41, 5.74) is 1.70. The average molecular weight is 413 g/mol. The van der Waals surface area contributed by atoms with Gasteiger partial charge in [0.2, 0.25) is 0 Å². The number of benzene rings is 2. The molecule has 1 atom stereocenters. The summed E-state index contributed by atoms with van der Waals surface area (Å²) in [6.45, 7) is 4.26. The molecule has 4 rings (SSSR count). The van der Waals surface area contributed by atoms with Gasteiger partial charge in [0.25, 0.3) is 5.91 Å². The number of hydrogen-bond donors (Lipinski definition) is 0. The van der Waals surface area contributed by atoms with Gasteiger partial charge in [-0.05, 0) is 42.7 Å². The van der Waals surface area contributed by atoms with Crippen molar-refractivity contribution < 1.29 is 18.0 Å². The molecule has 0 saturated heterocycles. The van der Waals surface area contributed by atoms with Crippen molar-refractivity contribution in [1.82, 2.24) is 20.0 Å². The van der Waals surface area contributed by atoms with Crippen LogP contribution in [0.25, 0.3) is 11.0 Å². The SMILES string of the molecule is C=C(CCCn1nc2ccc(F)cc2n1)C(=O)N1N=CCC1c1cc(F)cc(F)c1. The largest absolute Gasteiger partial charge is 0.269 e. The zero-order chi connectivity index (χ0) is 21.3. The van der Waals surface area contributed by atoms with Crippen LogP contribution in [0.3, 0.4) is 0 Å². The van der Waals surface area contributed by atoms with Crippen molar-refractivity contribution in [2.24, 2.45) is 5.10 Å².